The summed E-state index contributed by atoms with van der Waals surface area (Å²) in [5, 5.41) is 11.1. The number of ether oxygens (including phenoxy) is 1. The van der Waals surface area contributed by atoms with Gasteiger partial charge in [0.1, 0.15) is 11.5 Å². The molecule has 0 fully saturated rings. The van der Waals surface area contributed by atoms with Crippen molar-refractivity contribution in [3.8, 4) is 5.75 Å². The minimum absolute atomic E-state index is 0.300. The lowest BCUT2D eigenvalue weighted by Crippen LogP contribution is -2.10. The molecule has 0 aliphatic carbocycles. The summed E-state index contributed by atoms with van der Waals surface area (Å²) < 4.78 is 10.0. The van der Waals surface area contributed by atoms with E-state index in [-0.39, 0.29) is 5.91 Å². The SMILES string of the molecule is O=C(O)COc1ccc(NC(=O)/C=C/c2ccco2)cc1. The van der Waals surface area contributed by atoms with Crippen molar-refractivity contribution >= 4 is 23.6 Å². The van der Waals surface area contributed by atoms with E-state index in [1.165, 1.54) is 12.3 Å². The Bertz CT molecular complexity index is 629. The zero-order valence-electron chi connectivity index (χ0n) is 11.0. The van der Waals surface area contributed by atoms with Crippen LogP contribution in [0.4, 0.5) is 5.69 Å². The number of nitrogens with one attached hydrogen (secondary N) is 1. The Labute approximate surface area is 120 Å². The fraction of sp³-hybridized carbons (Fsp3) is 0.0667. The number of hydrogen-bond donors (Lipinski definition) is 2. The Morgan fingerprint density at radius 2 is 2.00 bits per heavy atom. The summed E-state index contributed by atoms with van der Waals surface area (Å²) in [6.45, 7) is -0.405. The van der Waals surface area contributed by atoms with Crippen LogP contribution in [0.25, 0.3) is 6.08 Å². The predicted molar refractivity (Wildman–Crippen MR) is 75.9 cm³/mol. The molecule has 0 spiro atoms. The van der Waals surface area contributed by atoms with Gasteiger partial charge in [-0.2, -0.15) is 0 Å². The highest BCUT2D eigenvalue weighted by atomic mass is 16.5. The first-order valence-corrected chi connectivity index (χ1v) is 6.11. The number of furan rings is 1. The van der Waals surface area contributed by atoms with Crippen molar-refractivity contribution < 1.29 is 23.8 Å². The summed E-state index contributed by atoms with van der Waals surface area (Å²) in [7, 11) is 0. The van der Waals surface area contributed by atoms with Crippen LogP contribution in [0.1, 0.15) is 5.76 Å². The van der Waals surface area contributed by atoms with Crippen molar-refractivity contribution in [2.45, 2.75) is 0 Å². The molecule has 21 heavy (non-hydrogen) atoms. The van der Waals surface area contributed by atoms with Crippen molar-refractivity contribution in [2.24, 2.45) is 0 Å². The molecule has 1 aromatic heterocycles. The Morgan fingerprint density at radius 3 is 2.62 bits per heavy atom. The van der Waals surface area contributed by atoms with E-state index in [4.69, 9.17) is 14.3 Å². The second kappa shape index (κ2) is 6.95. The quantitative estimate of drug-likeness (QED) is 0.796. The van der Waals surface area contributed by atoms with Gasteiger partial charge in [0.25, 0.3) is 0 Å². The van der Waals surface area contributed by atoms with Crippen LogP contribution >= 0.6 is 0 Å². The molecule has 0 saturated carbocycles. The summed E-state index contributed by atoms with van der Waals surface area (Å²) in [6.07, 6.45) is 4.43. The van der Waals surface area contributed by atoms with Gasteiger partial charge in [-0.25, -0.2) is 4.79 Å². The lowest BCUT2D eigenvalue weighted by molar-refractivity contribution is -0.139. The van der Waals surface area contributed by atoms with E-state index in [0.29, 0.717) is 17.2 Å². The third kappa shape index (κ3) is 4.87. The maximum Gasteiger partial charge on any atom is 0.341 e. The number of rotatable bonds is 6. The third-order valence-corrected chi connectivity index (χ3v) is 2.43. The summed E-state index contributed by atoms with van der Waals surface area (Å²) in [5.74, 6) is -0.342. The molecule has 0 bridgehead atoms. The van der Waals surface area contributed by atoms with Gasteiger partial charge in [0, 0.05) is 11.8 Å². The highest BCUT2D eigenvalue weighted by Gasteiger charge is 2.01. The number of benzene rings is 1. The molecular formula is C15H13NO5. The summed E-state index contributed by atoms with van der Waals surface area (Å²) in [6, 6.07) is 9.86. The average molecular weight is 287 g/mol. The maximum absolute atomic E-state index is 11.7. The van der Waals surface area contributed by atoms with Crippen LogP contribution < -0.4 is 10.1 Å². The van der Waals surface area contributed by atoms with E-state index < -0.39 is 12.6 Å². The van der Waals surface area contributed by atoms with E-state index in [2.05, 4.69) is 5.32 Å². The average Bonchev–Trinajstić information content (AvgIpc) is 2.98. The number of amides is 1. The van der Waals surface area contributed by atoms with E-state index >= 15 is 0 Å². The molecular weight excluding hydrogens is 274 g/mol. The highest BCUT2D eigenvalue weighted by molar-refractivity contribution is 6.01. The number of carboxylic acids is 1. The minimum atomic E-state index is -1.05. The second-order valence-electron chi connectivity index (χ2n) is 4.04. The van der Waals surface area contributed by atoms with E-state index in [1.54, 1.807) is 42.5 Å². The number of anilines is 1. The number of carbonyl (C=O) groups is 2. The molecule has 6 nitrogen and oxygen atoms in total. The molecule has 6 heteroatoms. The summed E-state index contributed by atoms with van der Waals surface area (Å²) in [4.78, 5) is 22.0. The fourth-order valence-corrected chi connectivity index (χ4v) is 1.51. The molecule has 0 saturated heterocycles. The Balaban J connectivity index is 1.87. The number of carboxylic acid groups (broad SMARTS) is 1. The smallest absolute Gasteiger partial charge is 0.341 e. The van der Waals surface area contributed by atoms with Crippen LogP contribution in [-0.4, -0.2) is 23.6 Å². The number of carbonyl (C=O) groups excluding carboxylic acids is 1. The monoisotopic (exact) mass is 287 g/mol. The molecule has 0 aliphatic rings. The summed E-state index contributed by atoms with van der Waals surface area (Å²) in [5.41, 5.74) is 0.576. The topological polar surface area (TPSA) is 88.8 Å². The van der Waals surface area contributed by atoms with Crippen LogP contribution in [0.3, 0.4) is 0 Å². The van der Waals surface area contributed by atoms with E-state index in [0.717, 1.165) is 0 Å². The Morgan fingerprint density at radius 1 is 1.24 bits per heavy atom. The molecule has 0 radical (unpaired) electrons. The molecule has 0 aliphatic heterocycles. The molecule has 108 valence electrons. The molecule has 2 aromatic rings. The maximum atomic E-state index is 11.7. The molecule has 2 N–H and O–H groups in total. The van der Waals surface area contributed by atoms with Gasteiger partial charge in [-0.05, 0) is 42.5 Å². The summed E-state index contributed by atoms with van der Waals surface area (Å²) >= 11 is 0. The van der Waals surface area contributed by atoms with Crippen molar-refractivity contribution in [2.75, 3.05) is 11.9 Å². The van der Waals surface area contributed by atoms with E-state index in [1.807, 2.05) is 0 Å². The van der Waals surface area contributed by atoms with Gasteiger partial charge >= 0.3 is 5.97 Å². The lowest BCUT2D eigenvalue weighted by Gasteiger charge is -2.05. The highest BCUT2D eigenvalue weighted by Crippen LogP contribution is 2.15. The number of hydrogen-bond acceptors (Lipinski definition) is 4. The van der Waals surface area contributed by atoms with Gasteiger partial charge in [0.05, 0.1) is 6.26 Å². The van der Waals surface area contributed by atoms with Crippen molar-refractivity contribution in [1.29, 1.82) is 0 Å². The zero-order valence-corrected chi connectivity index (χ0v) is 11.0. The van der Waals surface area contributed by atoms with Crippen LogP contribution in [-0.2, 0) is 9.59 Å². The van der Waals surface area contributed by atoms with Gasteiger partial charge in [-0.3, -0.25) is 4.79 Å². The van der Waals surface area contributed by atoms with Crippen LogP contribution in [0.2, 0.25) is 0 Å². The van der Waals surface area contributed by atoms with Crippen molar-refractivity contribution in [3.63, 3.8) is 0 Å². The van der Waals surface area contributed by atoms with Gasteiger partial charge in [-0.15, -0.1) is 0 Å². The fourth-order valence-electron chi connectivity index (χ4n) is 1.51. The Hall–Kier alpha value is -3.02. The zero-order chi connectivity index (χ0) is 15.1. The first-order valence-electron chi connectivity index (χ1n) is 6.11. The minimum Gasteiger partial charge on any atom is -0.482 e. The van der Waals surface area contributed by atoms with Crippen molar-refractivity contribution in [1.82, 2.24) is 0 Å². The lowest BCUT2D eigenvalue weighted by atomic mass is 10.3. The largest absolute Gasteiger partial charge is 0.482 e. The van der Waals surface area contributed by atoms with Crippen LogP contribution in [0, 0.1) is 0 Å². The second-order valence-corrected chi connectivity index (χ2v) is 4.04. The standard InChI is InChI=1S/C15H13NO5/c17-14(8-7-12-2-1-9-20-12)16-11-3-5-13(6-4-11)21-10-15(18)19/h1-9H,10H2,(H,16,17)(H,18,19)/b8-7+. The van der Waals surface area contributed by atoms with Crippen LogP contribution in [0.15, 0.2) is 53.2 Å². The first kappa shape index (κ1) is 14.4. The molecule has 0 unspecified atom stereocenters. The van der Waals surface area contributed by atoms with Gasteiger partial charge in [-0.1, -0.05) is 0 Å². The van der Waals surface area contributed by atoms with Crippen molar-refractivity contribution in [3.05, 3.63) is 54.5 Å². The van der Waals surface area contributed by atoms with Gasteiger partial charge in [0.2, 0.25) is 5.91 Å². The third-order valence-electron chi connectivity index (χ3n) is 2.43. The molecule has 2 rings (SSSR count). The van der Waals surface area contributed by atoms with Crippen LogP contribution in [0.5, 0.6) is 5.75 Å². The molecule has 1 aromatic carbocycles. The van der Waals surface area contributed by atoms with E-state index in [9.17, 15) is 9.59 Å². The normalized spacial score (nSPS) is 10.5. The first-order chi connectivity index (χ1) is 10.1. The predicted octanol–water partition coefficient (Wildman–Crippen LogP) is 2.39. The molecule has 1 heterocycles. The molecule has 1 amide bonds. The van der Waals surface area contributed by atoms with Gasteiger partial charge < -0.3 is 19.6 Å². The molecule has 0 atom stereocenters. The number of aliphatic carboxylic acids is 1. The van der Waals surface area contributed by atoms with Gasteiger partial charge in [0.15, 0.2) is 6.61 Å². The Kier molecular flexibility index (Phi) is 4.76.